The van der Waals surface area contributed by atoms with E-state index in [4.69, 9.17) is 9.73 Å². The summed E-state index contributed by atoms with van der Waals surface area (Å²) in [6.07, 6.45) is 2.36. The molecule has 2 atom stereocenters. The van der Waals surface area contributed by atoms with Crippen molar-refractivity contribution in [3.63, 3.8) is 0 Å². The Hall–Kier alpha value is -1.07. The second-order valence-electron chi connectivity index (χ2n) is 9.09. The van der Waals surface area contributed by atoms with Gasteiger partial charge in [-0.25, -0.2) is 4.79 Å². The SMILES string of the molecule is CC(C)(C)OC(=O)N1CCN2C(NCC(c3cccs3)N3CCCC3)=NCC2C1.I. The molecule has 1 aromatic heterocycles. The number of nitrogens with zero attached hydrogens (tertiary/aromatic N) is 4. The van der Waals surface area contributed by atoms with Gasteiger partial charge in [-0.05, 0) is 58.1 Å². The van der Waals surface area contributed by atoms with Crippen LogP contribution in [0.3, 0.4) is 0 Å². The highest BCUT2D eigenvalue weighted by Crippen LogP contribution is 2.28. The molecule has 0 aliphatic carbocycles. The number of aliphatic imine (C=N–C) groups is 1. The van der Waals surface area contributed by atoms with Crippen LogP contribution in [0.2, 0.25) is 0 Å². The highest BCUT2D eigenvalue weighted by Gasteiger charge is 2.37. The Morgan fingerprint density at radius 2 is 2.07 bits per heavy atom. The summed E-state index contributed by atoms with van der Waals surface area (Å²) in [6.45, 7) is 11.8. The number of hydrogen-bond donors (Lipinski definition) is 1. The molecule has 0 aromatic carbocycles. The third-order valence-electron chi connectivity index (χ3n) is 5.76. The molecule has 2 unspecified atom stereocenters. The first-order valence-electron chi connectivity index (χ1n) is 10.7. The maximum absolute atomic E-state index is 12.4. The number of rotatable bonds is 4. The Labute approximate surface area is 200 Å². The zero-order valence-corrected chi connectivity index (χ0v) is 21.3. The fraction of sp³-hybridized carbons (Fsp3) is 0.714. The number of carbonyl (C=O) groups is 1. The number of nitrogens with one attached hydrogen (secondary N) is 1. The normalized spacial score (nSPS) is 22.9. The van der Waals surface area contributed by atoms with Crippen molar-refractivity contribution in [3.8, 4) is 0 Å². The summed E-state index contributed by atoms with van der Waals surface area (Å²) in [5.41, 5.74) is -0.459. The number of ether oxygens (including phenoxy) is 1. The second kappa shape index (κ2) is 10.0. The van der Waals surface area contributed by atoms with E-state index < -0.39 is 5.60 Å². The molecule has 4 heterocycles. The molecule has 2 fully saturated rings. The van der Waals surface area contributed by atoms with E-state index in [9.17, 15) is 4.79 Å². The van der Waals surface area contributed by atoms with Crippen molar-refractivity contribution in [2.24, 2.45) is 4.99 Å². The summed E-state index contributed by atoms with van der Waals surface area (Å²) >= 11 is 1.84. The Morgan fingerprint density at radius 1 is 1.30 bits per heavy atom. The number of guanidine groups is 1. The van der Waals surface area contributed by atoms with Gasteiger partial charge in [0.2, 0.25) is 0 Å². The van der Waals surface area contributed by atoms with Gasteiger partial charge in [-0.2, -0.15) is 0 Å². The molecule has 30 heavy (non-hydrogen) atoms. The van der Waals surface area contributed by atoms with Gasteiger partial charge >= 0.3 is 6.09 Å². The predicted octanol–water partition coefficient (Wildman–Crippen LogP) is 3.38. The van der Waals surface area contributed by atoms with Gasteiger partial charge in [-0.1, -0.05) is 6.07 Å². The van der Waals surface area contributed by atoms with Crippen molar-refractivity contribution in [3.05, 3.63) is 22.4 Å². The number of halogens is 1. The lowest BCUT2D eigenvalue weighted by Crippen LogP contribution is -2.58. The van der Waals surface area contributed by atoms with Crippen molar-refractivity contribution in [1.82, 2.24) is 20.0 Å². The topological polar surface area (TPSA) is 60.4 Å². The number of fused-ring (bicyclic) bond motifs is 1. The van der Waals surface area contributed by atoms with Crippen LogP contribution in [0.1, 0.15) is 44.5 Å². The minimum atomic E-state index is -0.459. The molecular formula is C21H34IN5O2S. The fourth-order valence-electron chi connectivity index (χ4n) is 4.35. The highest BCUT2D eigenvalue weighted by molar-refractivity contribution is 14.0. The average Bonchev–Trinajstić information content (AvgIpc) is 3.43. The predicted molar refractivity (Wildman–Crippen MR) is 132 cm³/mol. The van der Waals surface area contributed by atoms with Crippen molar-refractivity contribution in [2.75, 3.05) is 45.8 Å². The monoisotopic (exact) mass is 547 g/mol. The van der Waals surface area contributed by atoms with Gasteiger partial charge in [0, 0.05) is 31.1 Å². The molecule has 0 bridgehead atoms. The van der Waals surface area contributed by atoms with E-state index >= 15 is 0 Å². The zero-order valence-electron chi connectivity index (χ0n) is 18.2. The van der Waals surface area contributed by atoms with E-state index in [1.807, 2.05) is 37.0 Å². The summed E-state index contributed by atoms with van der Waals surface area (Å²) in [4.78, 5) is 25.3. The summed E-state index contributed by atoms with van der Waals surface area (Å²) in [6, 6.07) is 5.03. The largest absolute Gasteiger partial charge is 0.444 e. The maximum atomic E-state index is 12.4. The van der Waals surface area contributed by atoms with E-state index in [0.717, 1.165) is 25.6 Å². The van der Waals surface area contributed by atoms with Crippen LogP contribution in [-0.4, -0.2) is 84.2 Å². The minimum Gasteiger partial charge on any atom is -0.444 e. The molecule has 168 valence electrons. The first kappa shape index (κ1) is 23.6. The van der Waals surface area contributed by atoms with Gasteiger partial charge in [0.25, 0.3) is 0 Å². The highest BCUT2D eigenvalue weighted by atomic mass is 127. The van der Waals surface area contributed by atoms with Crippen LogP contribution >= 0.6 is 35.3 Å². The standard InChI is InChI=1S/C21H33N5O2S.HI/c1-21(2,3)28-20(27)25-10-11-26-16(15-25)13-22-19(26)23-14-17(18-7-6-12-29-18)24-8-4-5-9-24;/h6-7,12,16-17H,4-5,8-11,13-15H2,1-3H3,(H,22,23);1H. The lowest BCUT2D eigenvalue weighted by atomic mass is 10.2. The van der Waals surface area contributed by atoms with Crippen LogP contribution in [0.4, 0.5) is 4.79 Å². The molecule has 0 radical (unpaired) electrons. The van der Waals surface area contributed by atoms with Gasteiger partial charge in [-0.15, -0.1) is 35.3 Å². The summed E-state index contributed by atoms with van der Waals surface area (Å²) in [5, 5.41) is 5.80. The molecule has 2 saturated heterocycles. The number of piperazine rings is 1. The molecule has 7 nitrogen and oxygen atoms in total. The Kier molecular flexibility index (Phi) is 7.89. The molecule has 3 aliphatic heterocycles. The first-order chi connectivity index (χ1) is 13.9. The quantitative estimate of drug-likeness (QED) is 0.586. The van der Waals surface area contributed by atoms with Crippen LogP contribution in [0, 0.1) is 0 Å². The van der Waals surface area contributed by atoms with Crippen LogP contribution < -0.4 is 5.32 Å². The van der Waals surface area contributed by atoms with E-state index in [1.54, 1.807) is 0 Å². The molecule has 1 aromatic rings. The maximum Gasteiger partial charge on any atom is 0.410 e. The van der Waals surface area contributed by atoms with E-state index in [2.05, 4.69) is 32.6 Å². The zero-order chi connectivity index (χ0) is 20.4. The number of amides is 1. The first-order valence-corrected chi connectivity index (χ1v) is 11.6. The van der Waals surface area contributed by atoms with Crippen molar-refractivity contribution in [1.29, 1.82) is 0 Å². The van der Waals surface area contributed by atoms with Crippen LogP contribution in [-0.2, 0) is 4.74 Å². The lowest BCUT2D eigenvalue weighted by molar-refractivity contribution is 0.0137. The number of likely N-dealkylation sites (tertiary alicyclic amines) is 1. The molecular weight excluding hydrogens is 513 g/mol. The fourth-order valence-corrected chi connectivity index (χ4v) is 5.22. The number of hydrogen-bond acceptors (Lipinski definition) is 7. The van der Waals surface area contributed by atoms with Gasteiger partial charge in [0.15, 0.2) is 5.96 Å². The van der Waals surface area contributed by atoms with Crippen LogP contribution in [0.25, 0.3) is 0 Å². The number of thiophene rings is 1. The molecule has 4 rings (SSSR count). The molecule has 3 aliphatic rings. The van der Waals surface area contributed by atoms with Crippen LogP contribution in [0.5, 0.6) is 0 Å². The Balaban J connectivity index is 0.00000256. The minimum absolute atomic E-state index is 0. The molecule has 0 spiro atoms. The number of carbonyl (C=O) groups excluding carboxylic acids is 1. The van der Waals surface area contributed by atoms with Crippen molar-refractivity contribution >= 4 is 47.4 Å². The Morgan fingerprint density at radius 3 is 2.73 bits per heavy atom. The van der Waals surface area contributed by atoms with Gasteiger partial charge in [-0.3, -0.25) is 9.89 Å². The summed E-state index contributed by atoms with van der Waals surface area (Å²) in [7, 11) is 0. The van der Waals surface area contributed by atoms with Gasteiger partial charge < -0.3 is 19.9 Å². The van der Waals surface area contributed by atoms with E-state index in [-0.39, 0.29) is 36.1 Å². The van der Waals surface area contributed by atoms with Crippen LogP contribution in [0.15, 0.2) is 22.5 Å². The average molecular weight is 548 g/mol. The summed E-state index contributed by atoms with van der Waals surface area (Å²) < 4.78 is 5.54. The smallest absolute Gasteiger partial charge is 0.410 e. The lowest BCUT2D eigenvalue weighted by Gasteiger charge is -2.39. The molecule has 0 saturated carbocycles. The third-order valence-corrected chi connectivity index (χ3v) is 6.74. The van der Waals surface area contributed by atoms with Crippen molar-refractivity contribution < 1.29 is 9.53 Å². The van der Waals surface area contributed by atoms with E-state index in [0.29, 0.717) is 19.1 Å². The molecule has 1 amide bonds. The Bertz CT molecular complexity index is 730. The third kappa shape index (κ3) is 5.59. The summed E-state index contributed by atoms with van der Waals surface area (Å²) in [5.74, 6) is 0.986. The van der Waals surface area contributed by atoms with E-state index in [1.165, 1.54) is 30.8 Å². The molecule has 9 heteroatoms. The van der Waals surface area contributed by atoms with Gasteiger partial charge in [0.1, 0.15) is 5.60 Å². The van der Waals surface area contributed by atoms with Gasteiger partial charge in [0.05, 0.1) is 18.6 Å². The van der Waals surface area contributed by atoms with Crippen molar-refractivity contribution in [2.45, 2.75) is 51.3 Å². The second-order valence-corrected chi connectivity index (χ2v) is 10.1. The molecule has 1 N–H and O–H groups in total.